The van der Waals surface area contributed by atoms with Crippen LogP contribution in [0.2, 0.25) is 0 Å². The molecule has 1 aromatic carbocycles. The summed E-state index contributed by atoms with van der Waals surface area (Å²) in [5.41, 5.74) is 1.35. The van der Waals surface area contributed by atoms with Crippen molar-refractivity contribution < 1.29 is 4.74 Å². The molecular formula is C15H22N2OS. The van der Waals surface area contributed by atoms with Gasteiger partial charge in [-0.2, -0.15) is 0 Å². The summed E-state index contributed by atoms with van der Waals surface area (Å²) >= 11 is 1.82. The maximum atomic E-state index is 5.52. The predicted molar refractivity (Wildman–Crippen MR) is 82.8 cm³/mol. The third kappa shape index (κ3) is 4.88. The molecule has 0 spiro atoms. The van der Waals surface area contributed by atoms with Gasteiger partial charge in [-0.25, -0.2) is 0 Å². The highest BCUT2D eigenvalue weighted by Gasteiger charge is 2.20. The van der Waals surface area contributed by atoms with Crippen LogP contribution in [0, 0.1) is 0 Å². The highest BCUT2D eigenvalue weighted by atomic mass is 32.2. The van der Waals surface area contributed by atoms with Crippen LogP contribution in [0.25, 0.3) is 0 Å². The van der Waals surface area contributed by atoms with Crippen LogP contribution in [0.1, 0.15) is 30.6 Å². The van der Waals surface area contributed by atoms with Gasteiger partial charge in [0.15, 0.2) is 5.17 Å². The maximum absolute atomic E-state index is 5.52. The van der Waals surface area contributed by atoms with E-state index in [0.717, 1.165) is 37.9 Å². The molecule has 1 aliphatic rings. The van der Waals surface area contributed by atoms with Gasteiger partial charge in [-0.3, -0.25) is 4.99 Å². The Morgan fingerprint density at radius 2 is 2.16 bits per heavy atom. The number of hydrogen-bond acceptors (Lipinski definition) is 4. The molecule has 104 valence electrons. The number of ether oxygens (including phenoxy) is 1. The number of unbranched alkanes of at least 4 members (excludes halogenated alkanes) is 1. The lowest BCUT2D eigenvalue weighted by molar-refractivity contribution is 0.136. The number of aliphatic imine (C=N–C) groups is 1. The van der Waals surface area contributed by atoms with Gasteiger partial charge >= 0.3 is 0 Å². The van der Waals surface area contributed by atoms with Crippen molar-refractivity contribution in [1.29, 1.82) is 0 Å². The second kappa shape index (κ2) is 8.23. The van der Waals surface area contributed by atoms with E-state index in [4.69, 9.17) is 4.74 Å². The zero-order valence-electron chi connectivity index (χ0n) is 11.5. The number of thioether (sulfide) groups is 1. The van der Waals surface area contributed by atoms with Gasteiger partial charge in [-0.1, -0.05) is 55.4 Å². The summed E-state index contributed by atoms with van der Waals surface area (Å²) in [7, 11) is 0. The molecule has 2 rings (SSSR count). The second-order valence-corrected chi connectivity index (χ2v) is 5.75. The van der Waals surface area contributed by atoms with Crippen molar-refractivity contribution in [3.63, 3.8) is 0 Å². The molecule has 1 unspecified atom stereocenters. The fourth-order valence-electron chi connectivity index (χ4n) is 1.89. The molecule has 0 fully saturated rings. The molecule has 1 heterocycles. The summed E-state index contributed by atoms with van der Waals surface area (Å²) in [6, 6.07) is 10.6. The molecule has 19 heavy (non-hydrogen) atoms. The lowest BCUT2D eigenvalue weighted by Gasteiger charge is -2.09. The van der Waals surface area contributed by atoms with E-state index in [-0.39, 0.29) is 0 Å². The Morgan fingerprint density at radius 1 is 1.32 bits per heavy atom. The topological polar surface area (TPSA) is 33.6 Å². The van der Waals surface area contributed by atoms with Crippen molar-refractivity contribution in [1.82, 2.24) is 5.32 Å². The van der Waals surface area contributed by atoms with E-state index in [9.17, 15) is 0 Å². The monoisotopic (exact) mass is 278 g/mol. The Morgan fingerprint density at radius 3 is 2.95 bits per heavy atom. The van der Waals surface area contributed by atoms with Crippen molar-refractivity contribution in [3.8, 4) is 0 Å². The van der Waals surface area contributed by atoms with Crippen LogP contribution in [0.4, 0.5) is 0 Å². The van der Waals surface area contributed by atoms with Crippen molar-refractivity contribution >= 4 is 16.9 Å². The normalized spacial score (nSPS) is 18.4. The van der Waals surface area contributed by atoms with Crippen LogP contribution >= 0.6 is 11.8 Å². The Hall–Kier alpha value is -1.00. The van der Waals surface area contributed by atoms with Gasteiger partial charge in [0.1, 0.15) is 0 Å². The average molecular weight is 278 g/mol. The molecule has 1 atom stereocenters. The molecule has 0 aliphatic carbocycles. The van der Waals surface area contributed by atoms with Crippen molar-refractivity contribution in [2.24, 2.45) is 4.99 Å². The molecule has 1 aliphatic heterocycles. The maximum Gasteiger partial charge on any atom is 0.157 e. The lowest BCUT2D eigenvalue weighted by atomic mass is 10.1. The highest BCUT2D eigenvalue weighted by Crippen LogP contribution is 2.33. The van der Waals surface area contributed by atoms with Gasteiger partial charge in [-0.05, 0) is 12.0 Å². The minimum Gasteiger partial charge on any atom is -0.380 e. The third-order valence-electron chi connectivity index (χ3n) is 2.99. The van der Waals surface area contributed by atoms with Crippen molar-refractivity contribution in [3.05, 3.63) is 35.9 Å². The van der Waals surface area contributed by atoms with Gasteiger partial charge in [0.2, 0.25) is 0 Å². The molecule has 0 amide bonds. The van der Waals surface area contributed by atoms with Gasteiger partial charge in [0.05, 0.1) is 18.4 Å². The van der Waals surface area contributed by atoms with E-state index < -0.39 is 0 Å². The molecule has 1 N–H and O–H groups in total. The van der Waals surface area contributed by atoms with Gasteiger partial charge in [0.25, 0.3) is 0 Å². The van der Waals surface area contributed by atoms with Crippen LogP contribution in [0.5, 0.6) is 0 Å². The van der Waals surface area contributed by atoms with E-state index in [1.165, 1.54) is 12.0 Å². The molecule has 0 saturated heterocycles. The minimum absolute atomic E-state index is 0.463. The van der Waals surface area contributed by atoms with E-state index in [1.807, 2.05) is 11.8 Å². The SMILES string of the molecule is CCCCOCCNC1=NCC(c2ccccc2)S1. The number of nitrogens with zero attached hydrogens (tertiary/aromatic N) is 1. The molecule has 1 aromatic rings. The Bertz CT molecular complexity index is 394. The first-order chi connectivity index (χ1) is 9.40. The van der Waals surface area contributed by atoms with Gasteiger partial charge in [-0.15, -0.1) is 0 Å². The van der Waals surface area contributed by atoms with E-state index in [1.54, 1.807) is 0 Å². The van der Waals surface area contributed by atoms with Crippen LogP contribution < -0.4 is 5.32 Å². The third-order valence-corrected chi connectivity index (χ3v) is 4.19. The van der Waals surface area contributed by atoms with Gasteiger partial charge < -0.3 is 10.1 Å². The molecule has 0 aromatic heterocycles. The Labute approximate surface area is 119 Å². The standard InChI is InChI=1S/C15H22N2OS/c1-2-3-10-18-11-9-16-15-17-12-14(19-15)13-7-5-4-6-8-13/h4-8,14H,2-3,9-12H2,1H3,(H,16,17). The summed E-state index contributed by atoms with van der Waals surface area (Å²) in [6.45, 7) is 5.51. The number of benzene rings is 1. The number of nitrogens with one attached hydrogen (secondary N) is 1. The smallest absolute Gasteiger partial charge is 0.157 e. The summed E-state index contributed by atoms with van der Waals surface area (Å²) < 4.78 is 5.52. The first kappa shape index (κ1) is 14.4. The molecule has 4 heteroatoms. The summed E-state index contributed by atoms with van der Waals surface area (Å²) in [5.74, 6) is 0. The first-order valence-electron chi connectivity index (χ1n) is 6.98. The van der Waals surface area contributed by atoms with Crippen LogP contribution in [-0.4, -0.2) is 31.5 Å². The van der Waals surface area contributed by atoms with Gasteiger partial charge in [0, 0.05) is 13.2 Å². The Balaban J connectivity index is 1.62. The van der Waals surface area contributed by atoms with Crippen LogP contribution in [0.15, 0.2) is 35.3 Å². The second-order valence-electron chi connectivity index (χ2n) is 4.56. The van der Waals surface area contributed by atoms with Crippen molar-refractivity contribution in [2.45, 2.75) is 25.0 Å². The number of rotatable bonds is 7. The fourth-order valence-corrected chi connectivity index (χ4v) is 2.94. The zero-order valence-corrected chi connectivity index (χ0v) is 12.3. The molecular weight excluding hydrogens is 256 g/mol. The van der Waals surface area contributed by atoms with Crippen molar-refractivity contribution in [2.75, 3.05) is 26.3 Å². The summed E-state index contributed by atoms with van der Waals surface area (Å²) in [4.78, 5) is 4.54. The quantitative estimate of drug-likeness (QED) is 0.777. The van der Waals surface area contributed by atoms with E-state index in [0.29, 0.717) is 5.25 Å². The zero-order chi connectivity index (χ0) is 13.3. The number of hydrogen-bond donors (Lipinski definition) is 1. The highest BCUT2D eigenvalue weighted by molar-refractivity contribution is 8.14. The van der Waals surface area contributed by atoms with Crippen LogP contribution in [0.3, 0.4) is 0 Å². The van der Waals surface area contributed by atoms with Crippen LogP contribution in [-0.2, 0) is 4.74 Å². The fraction of sp³-hybridized carbons (Fsp3) is 0.533. The first-order valence-corrected chi connectivity index (χ1v) is 7.85. The average Bonchev–Trinajstić information content (AvgIpc) is 2.92. The molecule has 0 saturated carbocycles. The molecule has 0 radical (unpaired) electrons. The minimum atomic E-state index is 0.463. The lowest BCUT2D eigenvalue weighted by Crippen LogP contribution is -2.24. The molecule has 3 nitrogen and oxygen atoms in total. The van der Waals surface area contributed by atoms with E-state index >= 15 is 0 Å². The predicted octanol–water partition coefficient (Wildman–Crippen LogP) is 3.24. The summed E-state index contributed by atoms with van der Waals surface area (Å²) in [5, 5.41) is 4.86. The molecule has 0 bridgehead atoms. The Kier molecular flexibility index (Phi) is 6.24. The largest absolute Gasteiger partial charge is 0.380 e. The summed E-state index contributed by atoms with van der Waals surface area (Å²) in [6.07, 6.45) is 2.33. The number of amidine groups is 1. The van der Waals surface area contributed by atoms with E-state index in [2.05, 4.69) is 47.6 Å².